The Labute approximate surface area is 119 Å². The molecule has 0 saturated carbocycles. The van der Waals surface area contributed by atoms with E-state index in [9.17, 15) is 4.79 Å². The highest BCUT2D eigenvalue weighted by Gasteiger charge is 2.18. The lowest BCUT2D eigenvalue weighted by molar-refractivity contribution is 0.0245. The predicted octanol–water partition coefficient (Wildman–Crippen LogP) is 1.66. The molecule has 2 rings (SSSR count). The van der Waals surface area contributed by atoms with E-state index in [0.717, 1.165) is 26.1 Å². The average molecular weight is 279 g/mol. The average Bonchev–Trinajstić information content (AvgIpc) is 2.49. The number of ketones is 1. The summed E-state index contributed by atoms with van der Waals surface area (Å²) in [6.45, 7) is 1.76. The van der Waals surface area contributed by atoms with Crippen LogP contribution in [0.1, 0.15) is 23.2 Å². The molecule has 0 amide bonds. The lowest BCUT2D eigenvalue weighted by atomic mass is 10.1. The van der Waals surface area contributed by atoms with E-state index in [-0.39, 0.29) is 11.9 Å². The van der Waals surface area contributed by atoms with Gasteiger partial charge in [-0.05, 0) is 25.2 Å². The topological polar surface area (TPSA) is 56.8 Å². The molecule has 0 atom stereocenters. The molecule has 1 aromatic carbocycles. The summed E-state index contributed by atoms with van der Waals surface area (Å²) in [5, 5.41) is 2.85. The summed E-state index contributed by atoms with van der Waals surface area (Å²) in [6.07, 6.45) is 1.91. The van der Waals surface area contributed by atoms with Crippen molar-refractivity contribution in [1.29, 1.82) is 0 Å². The maximum Gasteiger partial charge on any atom is 0.176 e. The van der Waals surface area contributed by atoms with Crippen LogP contribution < -0.4 is 14.8 Å². The smallest absolute Gasteiger partial charge is 0.176 e. The van der Waals surface area contributed by atoms with Crippen LogP contribution in [0.15, 0.2) is 18.2 Å². The molecular formula is C15H21NO4. The number of likely N-dealkylation sites (N-methyl/N-ethyl adjacent to an activating group) is 1. The molecule has 0 spiro atoms. The molecule has 1 aromatic rings. The van der Waals surface area contributed by atoms with Gasteiger partial charge in [0.2, 0.25) is 0 Å². The van der Waals surface area contributed by atoms with Crippen LogP contribution in [0.4, 0.5) is 0 Å². The number of hydrogen-bond acceptors (Lipinski definition) is 5. The molecule has 5 nitrogen and oxygen atoms in total. The minimum absolute atomic E-state index is 0.0309. The second-order valence-corrected chi connectivity index (χ2v) is 4.75. The van der Waals surface area contributed by atoms with E-state index in [1.807, 2.05) is 0 Å². The fourth-order valence-corrected chi connectivity index (χ4v) is 2.17. The Morgan fingerprint density at radius 3 is 2.75 bits per heavy atom. The maximum absolute atomic E-state index is 11.8. The highest BCUT2D eigenvalue weighted by Crippen LogP contribution is 2.30. The molecule has 0 unspecified atom stereocenters. The molecule has 0 aliphatic carbocycles. The van der Waals surface area contributed by atoms with Crippen molar-refractivity contribution in [3.05, 3.63) is 23.8 Å². The lowest BCUT2D eigenvalue weighted by Gasteiger charge is -2.24. The van der Waals surface area contributed by atoms with Gasteiger partial charge < -0.3 is 19.5 Å². The van der Waals surface area contributed by atoms with Gasteiger partial charge in [-0.3, -0.25) is 4.79 Å². The molecule has 1 fully saturated rings. The number of rotatable bonds is 6. The van der Waals surface area contributed by atoms with E-state index in [4.69, 9.17) is 14.2 Å². The van der Waals surface area contributed by atoms with Crippen molar-refractivity contribution >= 4 is 5.78 Å². The standard InChI is InChI=1S/C15H21NO4/c1-16-10-13(17)11-3-4-14(15(9-11)18-2)20-12-5-7-19-8-6-12/h3-4,9,12,16H,5-8,10H2,1-2H3. The molecule has 20 heavy (non-hydrogen) atoms. The number of ether oxygens (including phenoxy) is 3. The lowest BCUT2D eigenvalue weighted by Crippen LogP contribution is -2.26. The number of methoxy groups -OCH3 is 1. The van der Waals surface area contributed by atoms with Gasteiger partial charge in [-0.2, -0.15) is 0 Å². The molecule has 110 valence electrons. The van der Waals surface area contributed by atoms with Crippen LogP contribution in [-0.4, -0.2) is 45.8 Å². The van der Waals surface area contributed by atoms with Gasteiger partial charge in [0.05, 0.1) is 26.9 Å². The molecule has 1 aliphatic heterocycles. The predicted molar refractivity (Wildman–Crippen MR) is 75.7 cm³/mol. The van der Waals surface area contributed by atoms with Crippen LogP contribution in [0.3, 0.4) is 0 Å². The Balaban J connectivity index is 2.10. The fraction of sp³-hybridized carbons (Fsp3) is 0.533. The number of Topliss-reactive ketones (excluding diaryl/α,β-unsaturated/α-hetero) is 1. The van der Waals surface area contributed by atoms with Gasteiger partial charge in [-0.25, -0.2) is 0 Å². The largest absolute Gasteiger partial charge is 0.493 e. The number of carbonyl (C=O) groups excluding carboxylic acids is 1. The van der Waals surface area contributed by atoms with Gasteiger partial charge in [0, 0.05) is 18.4 Å². The number of carbonyl (C=O) groups is 1. The molecule has 1 aliphatic rings. The van der Waals surface area contributed by atoms with E-state index < -0.39 is 0 Å². The zero-order chi connectivity index (χ0) is 14.4. The molecule has 0 radical (unpaired) electrons. The molecular weight excluding hydrogens is 258 g/mol. The zero-order valence-electron chi connectivity index (χ0n) is 12.0. The van der Waals surface area contributed by atoms with Gasteiger partial charge in [-0.1, -0.05) is 0 Å². The van der Waals surface area contributed by atoms with E-state index in [2.05, 4.69) is 5.32 Å². The van der Waals surface area contributed by atoms with E-state index >= 15 is 0 Å². The van der Waals surface area contributed by atoms with Gasteiger partial charge >= 0.3 is 0 Å². The van der Waals surface area contributed by atoms with Crippen LogP contribution in [0.25, 0.3) is 0 Å². The number of benzene rings is 1. The van der Waals surface area contributed by atoms with Crippen LogP contribution >= 0.6 is 0 Å². The van der Waals surface area contributed by atoms with E-state index in [1.165, 1.54) is 0 Å². The highest BCUT2D eigenvalue weighted by molar-refractivity contribution is 5.98. The summed E-state index contributed by atoms with van der Waals surface area (Å²) in [5.74, 6) is 1.31. The van der Waals surface area contributed by atoms with Crippen LogP contribution in [0, 0.1) is 0 Å². The van der Waals surface area contributed by atoms with Crippen molar-refractivity contribution in [2.24, 2.45) is 0 Å². The second-order valence-electron chi connectivity index (χ2n) is 4.75. The van der Waals surface area contributed by atoms with Gasteiger partial charge in [0.25, 0.3) is 0 Å². The SMILES string of the molecule is CNCC(=O)c1ccc(OC2CCOCC2)c(OC)c1. The minimum atomic E-state index is 0.0309. The Morgan fingerprint density at radius 1 is 1.35 bits per heavy atom. The van der Waals surface area contributed by atoms with Crippen molar-refractivity contribution < 1.29 is 19.0 Å². The van der Waals surface area contributed by atoms with Crippen molar-refractivity contribution in [3.63, 3.8) is 0 Å². The van der Waals surface area contributed by atoms with Crippen LogP contribution in [0.2, 0.25) is 0 Å². The summed E-state index contributed by atoms with van der Waals surface area (Å²) in [6, 6.07) is 5.31. The summed E-state index contributed by atoms with van der Waals surface area (Å²) >= 11 is 0. The number of hydrogen-bond donors (Lipinski definition) is 1. The minimum Gasteiger partial charge on any atom is -0.493 e. The normalized spacial score (nSPS) is 15.9. The Kier molecular flexibility index (Phi) is 5.38. The van der Waals surface area contributed by atoms with Crippen LogP contribution in [-0.2, 0) is 4.74 Å². The first-order chi connectivity index (χ1) is 9.74. The third kappa shape index (κ3) is 3.71. The first-order valence-electron chi connectivity index (χ1n) is 6.85. The molecule has 5 heteroatoms. The zero-order valence-corrected chi connectivity index (χ0v) is 12.0. The highest BCUT2D eigenvalue weighted by atomic mass is 16.5. The summed E-state index contributed by atoms with van der Waals surface area (Å²) in [4.78, 5) is 11.8. The third-order valence-electron chi connectivity index (χ3n) is 3.28. The first kappa shape index (κ1) is 14.8. The van der Waals surface area contributed by atoms with Crippen molar-refractivity contribution in [2.75, 3.05) is 33.9 Å². The van der Waals surface area contributed by atoms with Gasteiger partial charge in [-0.15, -0.1) is 0 Å². The van der Waals surface area contributed by atoms with E-state index in [1.54, 1.807) is 32.4 Å². The summed E-state index contributed by atoms with van der Waals surface area (Å²) in [7, 11) is 3.33. The maximum atomic E-state index is 11.8. The summed E-state index contributed by atoms with van der Waals surface area (Å²) in [5.41, 5.74) is 0.621. The van der Waals surface area contributed by atoms with Crippen molar-refractivity contribution in [1.82, 2.24) is 5.32 Å². The van der Waals surface area contributed by atoms with Gasteiger partial charge in [0.1, 0.15) is 6.10 Å². The fourth-order valence-electron chi connectivity index (χ4n) is 2.17. The monoisotopic (exact) mass is 279 g/mol. The quantitative estimate of drug-likeness (QED) is 0.803. The Morgan fingerprint density at radius 2 is 2.10 bits per heavy atom. The van der Waals surface area contributed by atoms with Gasteiger partial charge in [0.15, 0.2) is 17.3 Å². The van der Waals surface area contributed by atoms with Crippen LogP contribution in [0.5, 0.6) is 11.5 Å². The Bertz CT molecular complexity index is 455. The molecule has 1 N–H and O–H groups in total. The molecule has 1 heterocycles. The second kappa shape index (κ2) is 7.26. The van der Waals surface area contributed by atoms with E-state index in [0.29, 0.717) is 23.6 Å². The van der Waals surface area contributed by atoms with Crippen molar-refractivity contribution in [2.45, 2.75) is 18.9 Å². The first-order valence-corrected chi connectivity index (χ1v) is 6.85. The number of nitrogens with one attached hydrogen (secondary N) is 1. The third-order valence-corrected chi connectivity index (χ3v) is 3.28. The molecule has 0 bridgehead atoms. The molecule has 1 saturated heterocycles. The molecule has 0 aromatic heterocycles. The summed E-state index contributed by atoms with van der Waals surface area (Å²) < 4.78 is 16.6. The van der Waals surface area contributed by atoms with Crippen molar-refractivity contribution in [3.8, 4) is 11.5 Å². The Hall–Kier alpha value is -1.59.